The summed E-state index contributed by atoms with van der Waals surface area (Å²) in [6, 6.07) is 45.5. The summed E-state index contributed by atoms with van der Waals surface area (Å²) in [6.45, 7) is 8.57. The highest BCUT2D eigenvalue weighted by molar-refractivity contribution is 5.68. The Bertz CT molecular complexity index is 1810. The Labute approximate surface area is 301 Å². The van der Waals surface area contributed by atoms with Crippen LogP contribution in [0.25, 0.3) is 11.1 Å². The van der Waals surface area contributed by atoms with Gasteiger partial charge in [-0.25, -0.2) is 4.79 Å². The molecule has 7 heteroatoms. The third kappa shape index (κ3) is 9.81. The van der Waals surface area contributed by atoms with Gasteiger partial charge in [0.15, 0.2) is 6.29 Å². The van der Waals surface area contributed by atoms with Crippen LogP contribution < -0.4 is 5.32 Å². The predicted molar refractivity (Wildman–Crippen MR) is 200 cm³/mol. The van der Waals surface area contributed by atoms with Gasteiger partial charge < -0.3 is 24.6 Å². The molecule has 1 aliphatic rings. The minimum Gasteiger partial charge on any atom is -0.445 e. The van der Waals surface area contributed by atoms with Gasteiger partial charge >= 0.3 is 6.09 Å². The number of amides is 1. The molecule has 6 rings (SSSR count). The molecule has 51 heavy (non-hydrogen) atoms. The summed E-state index contributed by atoms with van der Waals surface area (Å²) >= 11 is 0. The number of benzene rings is 5. The number of hydrogen-bond donors (Lipinski definition) is 2. The molecule has 1 amide bonds. The minimum atomic E-state index is -0.603. The average Bonchev–Trinajstić information content (AvgIpc) is 3.18. The molecule has 7 nitrogen and oxygen atoms in total. The van der Waals surface area contributed by atoms with E-state index >= 15 is 0 Å². The molecule has 4 atom stereocenters. The topological polar surface area (TPSA) is 80.3 Å². The maximum Gasteiger partial charge on any atom is 0.407 e. The van der Waals surface area contributed by atoms with Gasteiger partial charge in [-0.3, -0.25) is 4.90 Å². The van der Waals surface area contributed by atoms with Gasteiger partial charge in [-0.15, -0.1) is 0 Å². The molecule has 2 N–H and O–H groups in total. The summed E-state index contributed by atoms with van der Waals surface area (Å²) in [5, 5.41) is 12.5. The van der Waals surface area contributed by atoms with Gasteiger partial charge in [-0.05, 0) is 51.1 Å². The van der Waals surface area contributed by atoms with Crippen molar-refractivity contribution in [3.05, 3.63) is 179 Å². The second-order valence-electron chi connectivity index (χ2n) is 13.0. The Morgan fingerprint density at radius 2 is 1.39 bits per heavy atom. The van der Waals surface area contributed by atoms with Crippen molar-refractivity contribution in [2.45, 2.75) is 51.7 Å². The van der Waals surface area contributed by atoms with Gasteiger partial charge in [-0.1, -0.05) is 141 Å². The first kappa shape index (κ1) is 35.8. The molecule has 1 fully saturated rings. The third-order valence-corrected chi connectivity index (χ3v) is 9.25. The normalized spacial score (nSPS) is 18.6. The van der Waals surface area contributed by atoms with Crippen molar-refractivity contribution in [1.29, 1.82) is 0 Å². The number of carbonyl (C=O) groups is 1. The monoisotopic (exact) mass is 682 g/mol. The van der Waals surface area contributed by atoms with E-state index in [1.165, 1.54) is 17.2 Å². The number of alkyl carbamates (subject to hydrolysis) is 1. The Morgan fingerprint density at radius 3 is 2.04 bits per heavy atom. The Kier molecular flexibility index (Phi) is 12.4. The molecule has 0 saturated carbocycles. The van der Waals surface area contributed by atoms with Gasteiger partial charge in [0.1, 0.15) is 6.61 Å². The van der Waals surface area contributed by atoms with Crippen LogP contribution >= 0.6 is 0 Å². The molecule has 1 aliphatic heterocycles. The minimum absolute atomic E-state index is 0.00684. The summed E-state index contributed by atoms with van der Waals surface area (Å²) in [5.74, 6) is 0.0424. The summed E-state index contributed by atoms with van der Waals surface area (Å²) in [4.78, 5) is 14.4. The van der Waals surface area contributed by atoms with E-state index in [9.17, 15) is 9.90 Å². The zero-order valence-electron chi connectivity index (χ0n) is 29.1. The summed E-state index contributed by atoms with van der Waals surface area (Å²) < 4.78 is 18.8. The largest absolute Gasteiger partial charge is 0.445 e. The summed E-state index contributed by atoms with van der Waals surface area (Å²) in [6.07, 6.45) is 0.0854. The van der Waals surface area contributed by atoms with Crippen LogP contribution in [0.1, 0.15) is 52.7 Å². The van der Waals surface area contributed by atoms with E-state index in [1.807, 2.05) is 30.3 Å². The van der Waals surface area contributed by atoms with E-state index in [-0.39, 0.29) is 31.3 Å². The van der Waals surface area contributed by atoms with E-state index in [0.29, 0.717) is 13.1 Å². The molecule has 1 heterocycles. The lowest BCUT2D eigenvalue weighted by Crippen LogP contribution is -2.44. The van der Waals surface area contributed by atoms with E-state index < -0.39 is 12.4 Å². The number of rotatable bonds is 14. The zero-order valence-corrected chi connectivity index (χ0v) is 29.1. The molecule has 5 aromatic rings. The van der Waals surface area contributed by atoms with Crippen molar-refractivity contribution in [2.24, 2.45) is 5.92 Å². The van der Waals surface area contributed by atoms with E-state index in [1.54, 1.807) is 0 Å². The highest BCUT2D eigenvalue weighted by Crippen LogP contribution is 2.42. The number of nitrogens with one attached hydrogen (secondary N) is 1. The quantitative estimate of drug-likeness (QED) is 0.114. The lowest BCUT2D eigenvalue weighted by molar-refractivity contribution is -0.276. The van der Waals surface area contributed by atoms with Crippen LogP contribution in [0.3, 0.4) is 0 Å². The maximum absolute atomic E-state index is 12.0. The van der Waals surface area contributed by atoms with Crippen LogP contribution in [0.4, 0.5) is 4.79 Å². The van der Waals surface area contributed by atoms with Crippen molar-refractivity contribution >= 4 is 6.09 Å². The standard InChI is InChI=1S/C44H46N2O5/c1-3-24-49-44(48)45-27-36-16-10-17-38(25-36)39-18-11-19-40(26-39)43-50-41(32(2)42(51-43)37-22-20-35(31-47)21-23-37)30-46(28-33-12-6-4-7-13-33)29-34-14-8-5-9-15-34/h3-23,25-26,32,41-43,47H,1,24,27-31H2,2H3,(H,45,48)/t32-,41+,42+,43+/m0/s1. The average molecular weight is 683 g/mol. The van der Waals surface area contributed by atoms with Crippen LogP contribution in [0.15, 0.2) is 146 Å². The molecular formula is C44H46N2O5. The molecular weight excluding hydrogens is 636 g/mol. The predicted octanol–water partition coefficient (Wildman–Crippen LogP) is 8.75. The second-order valence-corrected chi connectivity index (χ2v) is 13.0. The van der Waals surface area contributed by atoms with Crippen LogP contribution in [0.2, 0.25) is 0 Å². The SMILES string of the molecule is C=CCOC(=O)NCc1cccc(-c2cccc([C@@H]3O[C@H](CN(Cc4ccccc4)Cc4ccccc4)[C@H](C)[C@H](c4ccc(CO)cc4)O3)c2)c1. The van der Waals surface area contributed by atoms with E-state index in [4.69, 9.17) is 14.2 Å². The smallest absolute Gasteiger partial charge is 0.407 e. The highest BCUT2D eigenvalue weighted by Gasteiger charge is 2.39. The molecule has 0 spiro atoms. The van der Waals surface area contributed by atoms with Gasteiger partial charge in [0.05, 0.1) is 18.8 Å². The third-order valence-electron chi connectivity index (χ3n) is 9.25. The van der Waals surface area contributed by atoms with Crippen molar-refractivity contribution in [1.82, 2.24) is 10.2 Å². The lowest BCUT2D eigenvalue weighted by atomic mass is 9.89. The van der Waals surface area contributed by atoms with E-state index in [2.05, 4.69) is 127 Å². The molecule has 0 radical (unpaired) electrons. The molecule has 0 aromatic heterocycles. The lowest BCUT2D eigenvalue weighted by Gasteiger charge is -2.43. The Balaban J connectivity index is 1.27. The number of nitrogens with zero attached hydrogens (tertiary/aromatic N) is 1. The number of ether oxygens (including phenoxy) is 3. The van der Waals surface area contributed by atoms with Crippen molar-refractivity contribution in [2.75, 3.05) is 13.2 Å². The summed E-state index contributed by atoms with van der Waals surface area (Å²) in [7, 11) is 0. The molecule has 5 aromatic carbocycles. The first-order chi connectivity index (χ1) is 25.0. The van der Waals surface area contributed by atoms with Crippen LogP contribution in [0.5, 0.6) is 0 Å². The fourth-order valence-corrected chi connectivity index (χ4v) is 6.54. The maximum atomic E-state index is 12.0. The van der Waals surface area contributed by atoms with E-state index in [0.717, 1.165) is 46.5 Å². The number of hydrogen-bond acceptors (Lipinski definition) is 6. The van der Waals surface area contributed by atoms with Gasteiger partial charge in [0, 0.05) is 37.7 Å². The number of aliphatic hydroxyl groups is 1. The van der Waals surface area contributed by atoms with Crippen LogP contribution in [-0.2, 0) is 40.5 Å². The Morgan fingerprint density at radius 1 is 0.765 bits per heavy atom. The second kappa shape index (κ2) is 17.7. The molecule has 0 unspecified atom stereocenters. The molecule has 262 valence electrons. The zero-order chi connectivity index (χ0) is 35.4. The van der Waals surface area contributed by atoms with Gasteiger partial charge in [0.25, 0.3) is 0 Å². The van der Waals surface area contributed by atoms with Crippen molar-refractivity contribution in [3.8, 4) is 11.1 Å². The number of aliphatic hydroxyl groups excluding tert-OH is 1. The van der Waals surface area contributed by atoms with Crippen LogP contribution in [-0.4, -0.2) is 35.4 Å². The van der Waals surface area contributed by atoms with Crippen molar-refractivity contribution in [3.63, 3.8) is 0 Å². The highest BCUT2D eigenvalue weighted by atomic mass is 16.7. The van der Waals surface area contributed by atoms with Crippen molar-refractivity contribution < 1.29 is 24.1 Å². The fourth-order valence-electron chi connectivity index (χ4n) is 6.54. The molecule has 0 bridgehead atoms. The Hall–Kier alpha value is -5.05. The first-order valence-electron chi connectivity index (χ1n) is 17.5. The first-order valence-corrected chi connectivity index (χ1v) is 17.5. The molecule has 0 aliphatic carbocycles. The number of carbonyl (C=O) groups excluding carboxylic acids is 1. The fraction of sp³-hybridized carbons (Fsp3) is 0.250. The van der Waals surface area contributed by atoms with Crippen LogP contribution in [0, 0.1) is 5.92 Å². The summed E-state index contributed by atoms with van der Waals surface area (Å²) in [5.41, 5.74) is 8.33. The van der Waals surface area contributed by atoms with Gasteiger partial charge in [0.2, 0.25) is 0 Å². The molecule has 1 saturated heterocycles. The van der Waals surface area contributed by atoms with Gasteiger partial charge in [-0.2, -0.15) is 0 Å².